The van der Waals surface area contributed by atoms with E-state index >= 15 is 0 Å². The van der Waals surface area contributed by atoms with Gasteiger partial charge in [0.05, 0.1) is 0 Å². The number of carbonyl (C=O) groups excluding carboxylic acids is 1. The van der Waals surface area contributed by atoms with Crippen molar-refractivity contribution in [2.45, 2.75) is 13.3 Å². The standard InChI is InChI=1S/C13H11FOS/c1-9-5-12(16-8-9)7-13(15)10-3-2-4-11(14)6-10/h2-6,8H,7H2,1H3. The summed E-state index contributed by atoms with van der Waals surface area (Å²) >= 11 is 1.56. The van der Waals surface area contributed by atoms with E-state index in [2.05, 4.69) is 0 Å². The van der Waals surface area contributed by atoms with Crippen molar-refractivity contribution in [2.24, 2.45) is 0 Å². The zero-order valence-corrected chi connectivity index (χ0v) is 9.68. The first kappa shape index (κ1) is 11.0. The van der Waals surface area contributed by atoms with Gasteiger partial charge in [0, 0.05) is 16.9 Å². The Hall–Kier alpha value is -1.48. The topological polar surface area (TPSA) is 17.1 Å². The van der Waals surface area contributed by atoms with E-state index in [1.165, 1.54) is 12.1 Å². The first-order valence-corrected chi connectivity index (χ1v) is 5.86. The third-order valence-corrected chi connectivity index (χ3v) is 3.32. The van der Waals surface area contributed by atoms with Gasteiger partial charge in [-0.1, -0.05) is 12.1 Å². The molecular weight excluding hydrogens is 223 g/mol. The van der Waals surface area contributed by atoms with Gasteiger partial charge < -0.3 is 0 Å². The van der Waals surface area contributed by atoms with E-state index in [0.29, 0.717) is 12.0 Å². The number of Topliss-reactive ketones (excluding diaryl/α,β-unsaturated/α-hetero) is 1. The molecule has 0 fully saturated rings. The lowest BCUT2D eigenvalue weighted by Gasteiger charge is -1.99. The van der Waals surface area contributed by atoms with Crippen molar-refractivity contribution in [2.75, 3.05) is 0 Å². The number of thiophene rings is 1. The van der Waals surface area contributed by atoms with Crippen molar-refractivity contribution in [3.05, 3.63) is 57.5 Å². The molecule has 2 aromatic rings. The highest BCUT2D eigenvalue weighted by molar-refractivity contribution is 7.10. The van der Waals surface area contributed by atoms with Gasteiger partial charge in [-0.15, -0.1) is 11.3 Å². The van der Waals surface area contributed by atoms with E-state index in [1.807, 2.05) is 18.4 Å². The third kappa shape index (κ3) is 2.55. The molecule has 0 unspecified atom stereocenters. The van der Waals surface area contributed by atoms with Gasteiger partial charge in [-0.2, -0.15) is 0 Å². The maximum Gasteiger partial charge on any atom is 0.168 e. The van der Waals surface area contributed by atoms with E-state index in [1.54, 1.807) is 23.5 Å². The van der Waals surface area contributed by atoms with Crippen molar-refractivity contribution >= 4 is 17.1 Å². The fourth-order valence-corrected chi connectivity index (χ4v) is 2.38. The van der Waals surface area contributed by atoms with Crippen LogP contribution in [0.5, 0.6) is 0 Å². The van der Waals surface area contributed by atoms with E-state index in [4.69, 9.17) is 0 Å². The van der Waals surface area contributed by atoms with E-state index < -0.39 is 0 Å². The summed E-state index contributed by atoms with van der Waals surface area (Å²) in [5.74, 6) is -0.408. The fourth-order valence-electron chi connectivity index (χ4n) is 1.51. The molecule has 0 atom stereocenters. The number of hydrogen-bond donors (Lipinski definition) is 0. The largest absolute Gasteiger partial charge is 0.294 e. The normalized spacial score (nSPS) is 10.4. The molecule has 1 aromatic carbocycles. The Balaban J connectivity index is 2.14. The minimum absolute atomic E-state index is 0.0404. The average Bonchev–Trinajstić information content (AvgIpc) is 2.64. The molecule has 0 bridgehead atoms. The molecule has 1 aromatic heterocycles. The number of ketones is 1. The van der Waals surface area contributed by atoms with Crippen molar-refractivity contribution in [1.29, 1.82) is 0 Å². The molecule has 0 spiro atoms. The zero-order chi connectivity index (χ0) is 11.5. The van der Waals surface area contributed by atoms with Crippen LogP contribution in [0.15, 0.2) is 35.7 Å². The lowest BCUT2D eigenvalue weighted by atomic mass is 10.1. The van der Waals surface area contributed by atoms with Gasteiger partial charge in [0.2, 0.25) is 0 Å². The van der Waals surface area contributed by atoms with Gasteiger partial charge in [0.1, 0.15) is 5.82 Å². The maximum absolute atomic E-state index is 12.9. The Kier molecular flexibility index (Phi) is 3.15. The number of carbonyl (C=O) groups is 1. The van der Waals surface area contributed by atoms with Gasteiger partial charge in [0.25, 0.3) is 0 Å². The highest BCUT2D eigenvalue weighted by Gasteiger charge is 2.08. The van der Waals surface area contributed by atoms with E-state index in [9.17, 15) is 9.18 Å². The van der Waals surface area contributed by atoms with Gasteiger partial charge in [-0.05, 0) is 36.1 Å². The summed E-state index contributed by atoms with van der Waals surface area (Å²) in [4.78, 5) is 12.8. The van der Waals surface area contributed by atoms with Crippen molar-refractivity contribution in [1.82, 2.24) is 0 Å². The molecule has 82 valence electrons. The van der Waals surface area contributed by atoms with Crippen LogP contribution >= 0.6 is 11.3 Å². The predicted octanol–water partition coefficient (Wildman–Crippen LogP) is 3.62. The van der Waals surface area contributed by atoms with E-state index in [-0.39, 0.29) is 11.6 Å². The summed E-state index contributed by atoms with van der Waals surface area (Å²) in [5.41, 5.74) is 1.60. The minimum Gasteiger partial charge on any atom is -0.294 e. The van der Waals surface area contributed by atoms with Crippen LogP contribution in [0.3, 0.4) is 0 Å². The van der Waals surface area contributed by atoms with Crippen LogP contribution in [0, 0.1) is 12.7 Å². The van der Waals surface area contributed by atoms with Crippen molar-refractivity contribution in [3.63, 3.8) is 0 Å². The molecule has 0 aliphatic carbocycles. The van der Waals surface area contributed by atoms with Gasteiger partial charge in [-0.25, -0.2) is 4.39 Å². The highest BCUT2D eigenvalue weighted by atomic mass is 32.1. The van der Waals surface area contributed by atoms with Crippen molar-refractivity contribution in [3.8, 4) is 0 Å². The molecule has 16 heavy (non-hydrogen) atoms. The molecule has 1 heterocycles. The summed E-state index contributed by atoms with van der Waals surface area (Å²) in [5, 5.41) is 2.01. The van der Waals surface area contributed by atoms with Crippen LogP contribution < -0.4 is 0 Å². The van der Waals surface area contributed by atoms with Gasteiger partial charge >= 0.3 is 0 Å². The van der Waals surface area contributed by atoms with Crippen LogP contribution in [-0.4, -0.2) is 5.78 Å². The highest BCUT2D eigenvalue weighted by Crippen LogP contribution is 2.16. The third-order valence-electron chi connectivity index (χ3n) is 2.27. The Morgan fingerprint density at radius 1 is 1.38 bits per heavy atom. The summed E-state index contributed by atoms with van der Waals surface area (Å²) in [6.07, 6.45) is 0.349. The summed E-state index contributed by atoms with van der Waals surface area (Å²) < 4.78 is 12.9. The average molecular weight is 234 g/mol. The number of rotatable bonds is 3. The molecule has 0 saturated carbocycles. The van der Waals surface area contributed by atoms with Crippen LogP contribution in [0.1, 0.15) is 20.8 Å². The molecule has 0 N–H and O–H groups in total. The number of halogens is 1. The number of aryl methyl sites for hydroxylation is 1. The second-order valence-electron chi connectivity index (χ2n) is 3.70. The molecule has 3 heteroatoms. The predicted molar refractivity (Wildman–Crippen MR) is 63.5 cm³/mol. The second-order valence-corrected chi connectivity index (χ2v) is 4.70. The summed E-state index contributed by atoms with van der Waals surface area (Å²) in [6.45, 7) is 1.99. The number of benzene rings is 1. The van der Waals surface area contributed by atoms with Crippen LogP contribution in [-0.2, 0) is 6.42 Å². The van der Waals surface area contributed by atoms with Crippen LogP contribution in [0.25, 0.3) is 0 Å². The van der Waals surface area contributed by atoms with E-state index in [0.717, 1.165) is 10.4 Å². The molecule has 0 aliphatic heterocycles. The molecule has 1 nitrogen and oxygen atoms in total. The maximum atomic E-state index is 12.9. The first-order chi connectivity index (χ1) is 7.65. The smallest absolute Gasteiger partial charge is 0.168 e. The first-order valence-electron chi connectivity index (χ1n) is 4.98. The quantitative estimate of drug-likeness (QED) is 0.741. The van der Waals surface area contributed by atoms with Crippen LogP contribution in [0.2, 0.25) is 0 Å². The number of hydrogen-bond acceptors (Lipinski definition) is 2. The Labute approximate surface area is 97.6 Å². The monoisotopic (exact) mass is 234 g/mol. The lowest BCUT2D eigenvalue weighted by molar-refractivity contribution is 0.0993. The Morgan fingerprint density at radius 3 is 2.81 bits per heavy atom. The van der Waals surface area contributed by atoms with Gasteiger partial charge in [0.15, 0.2) is 5.78 Å². The fraction of sp³-hybridized carbons (Fsp3) is 0.154. The lowest BCUT2D eigenvalue weighted by Crippen LogP contribution is -2.02. The van der Waals surface area contributed by atoms with Crippen LogP contribution in [0.4, 0.5) is 4.39 Å². The molecular formula is C13H11FOS. The Bertz CT molecular complexity index is 516. The molecule has 0 saturated heterocycles. The van der Waals surface area contributed by atoms with Crippen molar-refractivity contribution < 1.29 is 9.18 Å². The van der Waals surface area contributed by atoms with Gasteiger partial charge in [-0.3, -0.25) is 4.79 Å². The Morgan fingerprint density at radius 2 is 2.19 bits per heavy atom. The second kappa shape index (κ2) is 4.58. The summed E-state index contributed by atoms with van der Waals surface area (Å²) in [7, 11) is 0. The molecule has 0 radical (unpaired) electrons. The zero-order valence-electron chi connectivity index (χ0n) is 8.87. The molecule has 2 rings (SSSR count). The SMILES string of the molecule is Cc1csc(CC(=O)c2cccc(F)c2)c1. The molecule has 0 aliphatic rings. The summed E-state index contributed by atoms with van der Waals surface area (Å²) in [6, 6.07) is 7.81. The minimum atomic E-state index is -0.367. The molecule has 0 amide bonds.